The van der Waals surface area contributed by atoms with Crippen LogP contribution < -0.4 is 5.32 Å². The van der Waals surface area contributed by atoms with E-state index in [9.17, 15) is 0 Å². The van der Waals surface area contributed by atoms with Crippen LogP contribution in [0.1, 0.15) is 24.4 Å². The van der Waals surface area contributed by atoms with E-state index in [2.05, 4.69) is 46.4 Å². The van der Waals surface area contributed by atoms with Crippen LogP contribution >= 0.6 is 33.9 Å². The maximum absolute atomic E-state index is 3.40. The molecule has 0 aromatic carbocycles. The minimum atomic E-state index is 0.616. The average molecular weight is 293 g/mol. The summed E-state index contributed by atoms with van der Waals surface area (Å²) in [5.74, 6) is 0.903. The molecule has 12 heavy (non-hydrogen) atoms. The van der Waals surface area contributed by atoms with Gasteiger partial charge < -0.3 is 5.32 Å². The van der Waals surface area contributed by atoms with Crippen LogP contribution in [0.3, 0.4) is 0 Å². The molecule has 0 radical (unpaired) electrons. The maximum Gasteiger partial charge on any atom is 0.0656 e. The highest BCUT2D eigenvalue weighted by Crippen LogP contribution is 2.41. The molecule has 1 atom stereocenters. The van der Waals surface area contributed by atoms with Crippen LogP contribution in [0.25, 0.3) is 0 Å². The summed E-state index contributed by atoms with van der Waals surface area (Å²) >= 11 is 4.22. The Kier molecular flexibility index (Phi) is 2.72. The van der Waals surface area contributed by atoms with E-state index >= 15 is 0 Å². The summed E-state index contributed by atoms with van der Waals surface area (Å²) < 4.78 is 1.39. The Labute approximate surface area is 90.7 Å². The minimum absolute atomic E-state index is 0.616. The molecule has 1 aromatic heterocycles. The van der Waals surface area contributed by atoms with Crippen molar-refractivity contribution in [3.63, 3.8) is 0 Å². The van der Waals surface area contributed by atoms with Gasteiger partial charge in [0.2, 0.25) is 0 Å². The van der Waals surface area contributed by atoms with E-state index in [-0.39, 0.29) is 0 Å². The quantitative estimate of drug-likeness (QED) is 0.845. The summed E-state index contributed by atoms with van der Waals surface area (Å²) in [4.78, 5) is 0. The highest BCUT2D eigenvalue weighted by atomic mass is 127. The van der Waals surface area contributed by atoms with Gasteiger partial charge in [-0.3, -0.25) is 0 Å². The topological polar surface area (TPSA) is 12.0 Å². The van der Waals surface area contributed by atoms with E-state index in [0.717, 1.165) is 5.92 Å². The average Bonchev–Trinajstić information content (AvgIpc) is 2.78. The van der Waals surface area contributed by atoms with Gasteiger partial charge in [-0.1, -0.05) is 0 Å². The van der Waals surface area contributed by atoms with E-state index in [1.54, 1.807) is 0 Å². The predicted molar refractivity (Wildman–Crippen MR) is 61.6 cm³/mol. The fourth-order valence-corrected chi connectivity index (χ4v) is 3.00. The SMILES string of the molecule is CNC(c1csc(I)c1)C1CC1. The number of hydrogen-bond acceptors (Lipinski definition) is 2. The van der Waals surface area contributed by atoms with Crippen molar-refractivity contribution in [2.24, 2.45) is 5.92 Å². The van der Waals surface area contributed by atoms with Crippen LogP contribution in [0, 0.1) is 8.80 Å². The van der Waals surface area contributed by atoms with Crippen molar-refractivity contribution < 1.29 is 0 Å². The Bertz CT molecular complexity index is 267. The fourth-order valence-electron chi connectivity index (χ4n) is 1.59. The highest BCUT2D eigenvalue weighted by molar-refractivity contribution is 14.1. The maximum atomic E-state index is 3.40. The van der Waals surface area contributed by atoms with Gasteiger partial charge in [0, 0.05) is 6.04 Å². The second-order valence-electron chi connectivity index (χ2n) is 3.29. The first kappa shape index (κ1) is 8.97. The molecule has 1 unspecified atom stereocenters. The Balaban J connectivity index is 2.15. The Morgan fingerprint density at radius 3 is 2.83 bits per heavy atom. The predicted octanol–water partition coefficient (Wildman–Crippen LogP) is 3.02. The summed E-state index contributed by atoms with van der Waals surface area (Å²) in [7, 11) is 2.06. The highest BCUT2D eigenvalue weighted by Gasteiger charge is 2.31. The van der Waals surface area contributed by atoms with Crippen molar-refractivity contribution in [2.75, 3.05) is 7.05 Å². The monoisotopic (exact) mass is 293 g/mol. The molecule has 3 heteroatoms. The smallest absolute Gasteiger partial charge is 0.0656 e. The standard InChI is InChI=1S/C9H12INS/c1-11-9(6-2-3-6)7-4-8(10)12-5-7/h4-6,9,11H,2-3H2,1H3. The summed E-state index contributed by atoms with van der Waals surface area (Å²) in [5, 5.41) is 5.68. The Morgan fingerprint density at radius 2 is 2.42 bits per heavy atom. The number of thiophene rings is 1. The molecule has 0 saturated heterocycles. The molecule has 0 bridgehead atoms. The zero-order valence-corrected chi connectivity index (χ0v) is 9.98. The third-order valence-electron chi connectivity index (χ3n) is 2.35. The van der Waals surface area contributed by atoms with Crippen molar-refractivity contribution in [3.05, 3.63) is 19.9 Å². The van der Waals surface area contributed by atoms with Crippen LogP contribution in [0.15, 0.2) is 11.4 Å². The van der Waals surface area contributed by atoms with Crippen LogP contribution in [0.2, 0.25) is 0 Å². The summed E-state index contributed by atoms with van der Waals surface area (Å²) in [6, 6.07) is 2.91. The number of hydrogen-bond donors (Lipinski definition) is 1. The first-order chi connectivity index (χ1) is 5.81. The Hall–Kier alpha value is 0.390. The van der Waals surface area contributed by atoms with E-state index in [1.807, 2.05) is 11.3 Å². The zero-order chi connectivity index (χ0) is 8.55. The molecule has 0 amide bonds. The number of rotatable bonds is 3. The fraction of sp³-hybridized carbons (Fsp3) is 0.556. The largest absolute Gasteiger partial charge is 0.313 e. The molecule has 1 aliphatic carbocycles. The summed E-state index contributed by atoms with van der Waals surface area (Å²) in [6.07, 6.45) is 2.80. The van der Waals surface area contributed by atoms with Gasteiger partial charge in [-0.25, -0.2) is 0 Å². The molecule has 1 fully saturated rings. The number of nitrogens with one attached hydrogen (secondary N) is 1. The summed E-state index contributed by atoms with van der Waals surface area (Å²) in [5.41, 5.74) is 1.48. The zero-order valence-electron chi connectivity index (χ0n) is 7.01. The third-order valence-corrected chi connectivity index (χ3v) is 4.16. The van der Waals surface area contributed by atoms with Gasteiger partial charge in [0.05, 0.1) is 2.88 Å². The van der Waals surface area contributed by atoms with Crippen molar-refractivity contribution in [1.82, 2.24) is 5.32 Å². The molecule has 2 rings (SSSR count). The van der Waals surface area contributed by atoms with E-state index in [0.29, 0.717) is 6.04 Å². The van der Waals surface area contributed by atoms with E-state index in [4.69, 9.17) is 0 Å². The van der Waals surface area contributed by atoms with Crippen LogP contribution in [-0.4, -0.2) is 7.05 Å². The summed E-state index contributed by atoms with van der Waals surface area (Å²) in [6.45, 7) is 0. The lowest BCUT2D eigenvalue weighted by molar-refractivity contribution is 0.530. The van der Waals surface area contributed by atoms with Crippen LogP contribution in [-0.2, 0) is 0 Å². The normalized spacial score (nSPS) is 19.5. The molecule has 1 nitrogen and oxygen atoms in total. The van der Waals surface area contributed by atoms with Crippen LogP contribution in [0.5, 0.6) is 0 Å². The lowest BCUT2D eigenvalue weighted by atomic mass is 10.1. The van der Waals surface area contributed by atoms with Crippen LogP contribution in [0.4, 0.5) is 0 Å². The molecular weight excluding hydrogens is 281 g/mol. The van der Waals surface area contributed by atoms with Gasteiger partial charge in [-0.2, -0.15) is 0 Å². The van der Waals surface area contributed by atoms with Gasteiger partial charge in [0.25, 0.3) is 0 Å². The molecule has 1 heterocycles. The second-order valence-corrected chi connectivity index (χ2v) is 6.09. The molecule has 1 aromatic rings. The molecule has 0 spiro atoms. The van der Waals surface area contributed by atoms with Crippen molar-refractivity contribution >= 4 is 33.9 Å². The van der Waals surface area contributed by atoms with Gasteiger partial charge in [-0.05, 0) is 65.4 Å². The molecule has 1 saturated carbocycles. The molecule has 1 aliphatic rings. The first-order valence-electron chi connectivity index (χ1n) is 4.22. The van der Waals surface area contributed by atoms with Gasteiger partial charge >= 0.3 is 0 Å². The van der Waals surface area contributed by atoms with Crippen molar-refractivity contribution in [2.45, 2.75) is 18.9 Å². The molecule has 1 N–H and O–H groups in total. The van der Waals surface area contributed by atoms with Gasteiger partial charge in [0.1, 0.15) is 0 Å². The lowest BCUT2D eigenvalue weighted by Crippen LogP contribution is -2.17. The van der Waals surface area contributed by atoms with Crippen molar-refractivity contribution in [3.8, 4) is 0 Å². The van der Waals surface area contributed by atoms with Crippen molar-refractivity contribution in [1.29, 1.82) is 0 Å². The second kappa shape index (κ2) is 3.64. The number of halogens is 1. The van der Waals surface area contributed by atoms with Gasteiger partial charge in [-0.15, -0.1) is 11.3 Å². The Morgan fingerprint density at radius 1 is 1.67 bits per heavy atom. The molecule has 66 valence electrons. The van der Waals surface area contributed by atoms with E-state index < -0.39 is 0 Å². The molecular formula is C9H12INS. The lowest BCUT2D eigenvalue weighted by Gasteiger charge is -2.12. The first-order valence-corrected chi connectivity index (χ1v) is 6.18. The van der Waals surface area contributed by atoms with E-state index in [1.165, 1.54) is 21.3 Å². The van der Waals surface area contributed by atoms with Gasteiger partial charge in [0.15, 0.2) is 0 Å². The third kappa shape index (κ3) is 1.83. The molecule has 0 aliphatic heterocycles. The minimum Gasteiger partial charge on any atom is -0.313 e.